The molecule has 0 radical (unpaired) electrons. The Kier molecular flexibility index (Phi) is 9.47. The van der Waals surface area contributed by atoms with E-state index in [1.54, 1.807) is 6.20 Å². The molecule has 1 aromatic rings. The maximum absolute atomic E-state index is 12.5. The Labute approximate surface area is 170 Å². The van der Waals surface area contributed by atoms with Crippen LogP contribution in [0.4, 0.5) is 0 Å². The van der Waals surface area contributed by atoms with Crippen LogP contribution in [0.3, 0.4) is 0 Å². The molecule has 0 aromatic carbocycles. The number of nitriles is 1. The van der Waals surface area contributed by atoms with Gasteiger partial charge in [-0.3, -0.25) is 9.78 Å². The van der Waals surface area contributed by atoms with E-state index in [2.05, 4.69) is 24.9 Å². The summed E-state index contributed by atoms with van der Waals surface area (Å²) in [6, 6.07) is 6.36. The third kappa shape index (κ3) is 6.93. The van der Waals surface area contributed by atoms with Crippen LogP contribution in [-0.2, 0) is 11.2 Å². The number of rotatable bonds is 11. The normalized spacial score (nSPS) is 21.8. The Hall–Kier alpha value is -1.89. The fraction of sp³-hybridized carbons (Fsp3) is 0.708. The topological polar surface area (TPSA) is 63.0 Å². The zero-order chi connectivity index (χ0) is 20.2. The van der Waals surface area contributed by atoms with Gasteiger partial charge in [-0.25, -0.2) is 0 Å². The molecule has 4 nitrogen and oxygen atoms in total. The number of nitrogens with zero attached hydrogens (tertiary/aromatic N) is 2. The number of aryl methyl sites for hydroxylation is 1. The average molecular weight is 385 g/mol. The Bertz CT molecular complexity index is 625. The predicted molar refractivity (Wildman–Crippen MR) is 112 cm³/mol. The summed E-state index contributed by atoms with van der Waals surface area (Å²) in [7, 11) is 0. The van der Waals surface area contributed by atoms with Crippen molar-refractivity contribution in [3.05, 3.63) is 24.0 Å². The minimum Gasteiger partial charge on any atom is -0.425 e. The third-order valence-electron chi connectivity index (χ3n) is 6.07. The standard InChI is InChI=1S/C24H36N2O2/c1-3-5-7-8-9-15-24(19-25)16-13-20(14-17-24)23(27)28-22-12-11-21(26-18-22)10-6-4-2/h11-12,18,20H,3-10,13-17H2,1-2H3. The van der Waals surface area contributed by atoms with E-state index in [1.807, 2.05) is 12.1 Å². The van der Waals surface area contributed by atoms with Crippen molar-refractivity contribution < 1.29 is 9.53 Å². The first-order chi connectivity index (χ1) is 13.6. The summed E-state index contributed by atoms with van der Waals surface area (Å²) in [5.41, 5.74) is 0.808. The largest absolute Gasteiger partial charge is 0.425 e. The molecule has 0 unspecified atom stereocenters. The quantitative estimate of drug-likeness (QED) is 0.327. The van der Waals surface area contributed by atoms with Gasteiger partial charge in [0.05, 0.1) is 23.6 Å². The lowest BCUT2D eigenvalue weighted by molar-refractivity contribution is -0.140. The van der Waals surface area contributed by atoms with Crippen LogP contribution in [0.1, 0.15) is 96.6 Å². The minimum absolute atomic E-state index is 0.0960. The van der Waals surface area contributed by atoms with Gasteiger partial charge in [0.25, 0.3) is 0 Å². The van der Waals surface area contributed by atoms with Crippen molar-refractivity contribution in [3.63, 3.8) is 0 Å². The van der Waals surface area contributed by atoms with Crippen molar-refractivity contribution in [2.45, 2.75) is 97.3 Å². The fourth-order valence-corrected chi connectivity index (χ4v) is 4.07. The molecule has 0 saturated heterocycles. The smallest absolute Gasteiger partial charge is 0.314 e. The van der Waals surface area contributed by atoms with Crippen LogP contribution in [0.15, 0.2) is 18.3 Å². The van der Waals surface area contributed by atoms with Crippen LogP contribution in [0.5, 0.6) is 5.75 Å². The van der Waals surface area contributed by atoms with Crippen LogP contribution in [-0.4, -0.2) is 11.0 Å². The van der Waals surface area contributed by atoms with Crippen LogP contribution in [0.2, 0.25) is 0 Å². The summed E-state index contributed by atoms with van der Waals surface area (Å²) in [6.45, 7) is 4.38. The van der Waals surface area contributed by atoms with Crippen molar-refractivity contribution in [2.75, 3.05) is 0 Å². The highest BCUT2D eigenvalue weighted by Gasteiger charge is 2.37. The summed E-state index contributed by atoms with van der Waals surface area (Å²) in [4.78, 5) is 16.9. The maximum Gasteiger partial charge on any atom is 0.314 e. The second-order valence-corrected chi connectivity index (χ2v) is 8.34. The summed E-state index contributed by atoms with van der Waals surface area (Å²) in [6.07, 6.45) is 15.1. The molecule has 4 heteroatoms. The first-order valence-corrected chi connectivity index (χ1v) is 11.2. The predicted octanol–water partition coefficient (Wildman–Crippen LogP) is 6.39. The number of esters is 1. The van der Waals surface area contributed by atoms with Gasteiger partial charge in [-0.1, -0.05) is 52.4 Å². The lowest BCUT2D eigenvalue weighted by Crippen LogP contribution is -2.31. The van der Waals surface area contributed by atoms with E-state index in [0.29, 0.717) is 5.75 Å². The Morgan fingerprint density at radius 2 is 1.86 bits per heavy atom. The minimum atomic E-state index is -0.231. The molecule has 1 aliphatic carbocycles. The van der Waals surface area contributed by atoms with Crippen molar-refractivity contribution in [1.82, 2.24) is 4.98 Å². The average Bonchev–Trinajstić information content (AvgIpc) is 2.73. The molecule has 1 aliphatic rings. The van der Waals surface area contributed by atoms with E-state index < -0.39 is 0 Å². The number of unbranched alkanes of at least 4 members (excludes halogenated alkanes) is 5. The van der Waals surface area contributed by atoms with Gasteiger partial charge in [0.1, 0.15) is 5.75 Å². The second kappa shape index (κ2) is 11.8. The molecule has 154 valence electrons. The fourth-order valence-electron chi connectivity index (χ4n) is 4.07. The molecule has 2 rings (SSSR count). The van der Waals surface area contributed by atoms with E-state index in [4.69, 9.17) is 4.74 Å². The van der Waals surface area contributed by atoms with E-state index in [9.17, 15) is 10.1 Å². The number of hydrogen-bond acceptors (Lipinski definition) is 4. The van der Waals surface area contributed by atoms with Crippen molar-refractivity contribution in [1.29, 1.82) is 5.26 Å². The maximum atomic E-state index is 12.5. The van der Waals surface area contributed by atoms with Crippen molar-refractivity contribution in [3.8, 4) is 11.8 Å². The Morgan fingerprint density at radius 3 is 2.46 bits per heavy atom. The molecule has 0 amide bonds. The third-order valence-corrected chi connectivity index (χ3v) is 6.07. The Balaban J connectivity index is 1.78. The van der Waals surface area contributed by atoms with Crippen LogP contribution in [0, 0.1) is 22.7 Å². The Morgan fingerprint density at radius 1 is 1.14 bits per heavy atom. The molecular formula is C24H36N2O2. The molecular weight excluding hydrogens is 348 g/mol. The number of ether oxygens (including phenoxy) is 1. The SMILES string of the molecule is CCCCCCCC1(C#N)CCC(C(=O)Oc2ccc(CCCC)nc2)CC1. The van der Waals surface area contributed by atoms with Gasteiger partial charge < -0.3 is 4.74 Å². The molecule has 0 N–H and O–H groups in total. The molecule has 0 bridgehead atoms. The molecule has 1 saturated carbocycles. The van der Waals surface area contributed by atoms with E-state index in [0.717, 1.165) is 63.5 Å². The molecule has 0 spiro atoms. The van der Waals surface area contributed by atoms with Gasteiger partial charge in [0, 0.05) is 5.69 Å². The highest BCUT2D eigenvalue weighted by atomic mass is 16.5. The highest BCUT2D eigenvalue weighted by Crippen LogP contribution is 2.42. The molecule has 1 heterocycles. The van der Waals surface area contributed by atoms with Gasteiger partial charge in [0.15, 0.2) is 0 Å². The van der Waals surface area contributed by atoms with Crippen LogP contribution < -0.4 is 4.74 Å². The first-order valence-electron chi connectivity index (χ1n) is 11.2. The van der Waals surface area contributed by atoms with Gasteiger partial charge in [-0.2, -0.15) is 5.26 Å². The lowest BCUT2D eigenvalue weighted by Gasteiger charge is -2.34. The molecule has 28 heavy (non-hydrogen) atoms. The summed E-state index contributed by atoms with van der Waals surface area (Å²) in [5.74, 6) is 0.261. The monoisotopic (exact) mass is 384 g/mol. The van der Waals surface area contributed by atoms with Crippen LogP contribution in [0.25, 0.3) is 0 Å². The van der Waals surface area contributed by atoms with E-state index in [1.165, 1.54) is 25.7 Å². The van der Waals surface area contributed by atoms with Crippen molar-refractivity contribution >= 4 is 5.97 Å². The highest BCUT2D eigenvalue weighted by molar-refractivity contribution is 5.75. The molecule has 1 aromatic heterocycles. The van der Waals surface area contributed by atoms with Gasteiger partial charge in [-0.15, -0.1) is 0 Å². The molecule has 0 atom stereocenters. The molecule has 1 fully saturated rings. The second-order valence-electron chi connectivity index (χ2n) is 8.34. The summed E-state index contributed by atoms with van der Waals surface area (Å²) in [5, 5.41) is 9.72. The van der Waals surface area contributed by atoms with Crippen LogP contribution >= 0.6 is 0 Å². The number of aromatic nitrogens is 1. The number of hydrogen-bond donors (Lipinski definition) is 0. The summed E-state index contributed by atoms with van der Waals surface area (Å²) < 4.78 is 5.56. The number of carbonyl (C=O) groups excluding carboxylic acids is 1. The lowest BCUT2D eigenvalue weighted by atomic mass is 9.69. The van der Waals surface area contributed by atoms with Gasteiger partial charge in [0.2, 0.25) is 0 Å². The van der Waals surface area contributed by atoms with Crippen molar-refractivity contribution in [2.24, 2.45) is 11.3 Å². The zero-order valence-corrected chi connectivity index (χ0v) is 17.7. The summed E-state index contributed by atoms with van der Waals surface area (Å²) >= 11 is 0. The number of carbonyl (C=O) groups is 1. The van der Waals surface area contributed by atoms with Gasteiger partial charge in [-0.05, 0) is 57.1 Å². The van der Waals surface area contributed by atoms with Gasteiger partial charge >= 0.3 is 5.97 Å². The van der Waals surface area contributed by atoms with E-state index in [-0.39, 0.29) is 17.3 Å². The zero-order valence-electron chi connectivity index (χ0n) is 17.7. The first kappa shape index (κ1) is 22.4. The molecule has 0 aliphatic heterocycles. The number of pyridine rings is 1. The van der Waals surface area contributed by atoms with E-state index >= 15 is 0 Å².